The molecule has 0 heterocycles. The van der Waals surface area contributed by atoms with Crippen LogP contribution in [0.1, 0.15) is 27.7 Å². The Morgan fingerprint density at radius 3 is 1.82 bits per heavy atom. The second-order valence-corrected chi connectivity index (χ2v) is 5.23. The number of rotatable bonds is 1. The first kappa shape index (κ1) is 10.5. The van der Waals surface area contributed by atoms with Crippen LogP contribution in [0.15, 0.2) is 0 Å². The fraction of sp³-hybridized carbons (Fsp3) is 0.750. The van der Waals surface area contributed by atoms with Gasteiger partial charge in [0.25, 0.3) is 0 Å². The second-order valence-electron chi connectivity index (χ2n) is 2.99. The first-order valence-corrected chi connectivity index (χ1v) is 5.17. The Balaban J connectivity index is 4.55. The summed E-state index contributed by atoms with van der Waals surface area (Å²) in [5, 5.41) is 1.89. The molecule has 0 bridgehead atoms. The highest BCUT2D eigenvalue weighted by Crippen LogP contribution is 1.98. The quantitative estimate of drug-likeness (QED) is 0.445. The summed E-state index contributed by atoms with van der Waals surface area (Å²) in [7, 11) is -3.15. The fourth-order valence-electron chi connectivity index (χ4n) is 0.318. The molecule has 0 saturated heterocycles. The normalized spacial score (nSPS) is 11.5. The molecule has 0 atom stereocenters. The van der Waals surface area contributed by atoms with Crippen molar-refractivity contribution in [3.8, 4) is 11.2 Å². The lowest BCUT2D eigenvalue weighted by Crippen LogP contribution is -2.10. The molecular weight excluding hydrogens is 160 g/mol. The van der Waals surface area contributed by atoms with Gasteiger partial charge < -0.3 is 0 Å². The Hall–Kier alpha value is -0.490. The first-order chi connectivity index (χ1) is 4.86. The molecule has 64 valence electrons. The molecule has 0 amide bonds. The van der Waals surface area contributed by atoms with Crippen molar-refractivity contribution in [1.29, 1.82) is 0 Å². The maximum absolute atomic E-state index is 11.1. The minimum Gasteiger partial charge on any atom is -0.215 e. The average molecular weight is 174 g/mol. The minimum atomic E-state index is -3.15. The van der Waals surface area contributed by atoms with Crippen molar-refractivity contribution in [2.45, 2.75) is 32.9 Å². The summed E-state index contributed by atoms with van der Waals surface area (Å²) >= 11 is 0. The molecule has 0 aliphatic carbocycles. The van der Waals surface area contributed by atoms with Crippen LogP contribution in [0.2, 0.25) is 0 Å². The topological polar surface area (TPSA) is 34.1 Å². The van der Waals surface area contributed by atoms with E-state index in [4.69, 9.17) is 0 Å². The Morgan fingerprint density at radius 2 is 1.55 bits per heavy atom. The van der Waals surface area contributed by atoms with Crippen LogP contribution >= 0.6 is 0 Å². The minimum absolute atomic E-state index is 0.114. The van der Waals surface area contributed by atoms with E-state index in [-0.39, 0.29) is 5.92 Å². The zero-order valence-corrected chi connectivity index (χ0v) is 8.20. The molecule has 0 saturated carbocycles. The SMILES string of the molecule is CC(C)C#CS(=O)(=O)C(C)C. The van der Waals surface area contributed by atoms with E-state index >= 15 is 0 Å². The van der Waals surface area contributed by atoms with Gasteiger partial charge in [-0.25, -0.2) is 8.42 Å². The van der Waals surface area contributed by atoms with Gasteiger partial charge in [-0.1, -0.05) is 19.8 Å². The first-order valence-electron chi connectivity index (χ1n) is 3.62. The molecule has 0 aromatic carbocycles. The maximum Gasteiger partial charge on any atom is 0.219 e. The van der Waals surface area contributed by atoms with Crippen LogP contribution < -0.4 is 0 Å². The monoisotopic (exact) mass is 174 g/mol. The zero-order chi connectivity index (χ0) is 9.07. The Morgan fingerprint density at radius 1 is 1.09 bits per heavy atom. The molecule has 3 heteroatoms. The van der Waals surface area contributed by atoms with Crippen molar-refractivity contribution in [2.75, 3.05) is 0 Å². The molecule has 11 heavy (non-hydrogen) atoms. The molecule has 0 unspecified atom stereocenters. The third kappa shape index (κ3) is 4.05. The van der Waals surface area contributed by atoms with Crippen LogP contribution in [0.5, 0.6) is 0 Å². The van der Waals surface area contributed by atoms with Crippen molar-refractivity contribution in [2.24, 2.45) is 5.92 Å². The lowest BCUT2D eigenvalue weighted by Gasteiger charge is -1.97. The van der Waals surface area contributed by atoms with E-state index in [9.17, 15) is 8.42 Å². The standard InChI is InChI=1S/C8H14O2S/c1-7(2)5-6-11(9,10)8(3)4/h7-8H,1-4H3. The summed E-state index contributed by atoms with van der Waals surface area (Å²) in [4.78, 5) is 0. The summed E-state index contributed by atoms with van der Waals surface area (Å²) in [5.41, 5.74) is 0. The van der Waals surface area contributed by atoms with E-state index < -0.39 is 15.1 Å². The van der Waals surface area contributed by atoms with Crippen molar-refractivity contribution in [3.05, 3.63) is 0 Å². The molecule has 0 aliphatic rings. The lowest BCUT2D eigenvalue weighted by molar-refractivity contribution is 0.598. The predicted octanol–water partition coefficient (Wildman–Crippen LogP) is 1.43. The summed E-state index contributed by atoms with van der Waals surface area (Å²) in [5.74, 6) is 2.74. The summed E-state index contributed by atoms with van der Waals surface area (Å²) < 4.78 is 22.1. The van der Waals surface area contributed by atoms with Crippen LogP contribution in [-0.2, 0) is 9.84 Å². The smallest absolute Gasteiger partial charge is 0.215 e. The molecule has 0 aromatic rings. The van der Waals surface area contributed by atoms with Crippen LogP contribution in [0, 0.1) is 17.1 Å². The van der Waals surface area contributed by atoms with E-state index in [1.807, 2.05) is 13.8 Å². The van der Waals surface area contributed by atoms with E-state index in [1.54, 1.807) is 13.8 Å². The highest BCUT2D eigenvalue weighted by atomic mass is 32.2. The predicted molar refractivity (Wildman–Crippen MR) is 46.7 cm³/mol. The van der Waals surface area contributed by atoms with Crippen LogP contribution in [-0.4, -0.2) is 13.7 Å². The zero-order valence-electron chi connectivity index (χ0n) is 7.38. The van der Waals surface area contributed by atoms with Crippen molar-refractivity contribution >= 4 is 9.84 Å². The summed E-state index contributed by atoms with van der Waals surface area (Å²) in [6.07, 6.45) is 0. The number of hydrogen-bond donors (Lipinski definition) is 0. The van der Waals surface area contributed by atoms with E-state index in [0.717, 1.165) is 0 Å². The number of hydrogen-bond acceptors (Lipinski definition) is 2. The van der Waals surface area contributed by atoms with Gasteiger partial charge in [-0.3, -0.25) is 0 Å². The molecule has 0 radical (unpaired) electrons. The molecule has 0 N–H and O–H groups in total. The molecule has 0 spiro atoms. The molecule has 2 nitrogen and oxygen atoms in total. The van der Waals surface area contributed by atoms with Gasteiger partial charge in [0.15, 0.2) is 0 Å². The second kappa shape index (κ2) is 3.77. The lowest BCUT2D eigenvalue weighted by atomic mass is 10.2. The van der Waals surface area contributed by atoms with Crippen molar-refractivity contribution < 1.29 is 8.42 Å². The molecular formula is C8H14O2S. The highest BCUT2D eigenvalue weighted by Gasteiger charge is 2.11. The highest BCUT2D eigenvalue weighted by molar-refractivity contribution is 7.96. The van der Waals surface area contributed by atoms with Gasteiger partial charge in [0, 0.05) is 11.2 Å². The molecule has 0 fully saturated rings. The van der Waals surface area contributed by atoms with E-state index in [1.165, 1.54) is 0 Å². The van der Waals surface area contributed by atoms with Crippen molar-refractivity contribution in [1.82, 2.24) is 0 Å². The van der Waals surface area contributed by atoms with Crippen molar-refractivity contribution in [3.63, 3.8) is 0 Å². The van der Waals surface area contributed by atoms with Crippen LogP contribution in [0.4, 0.5) is 0 Å². The van der Waals surface area contributed by atoms with Gasteiger partial charge in [0.2, 0.25) is 9.84 Å². The van der Waals surface area contributed by atoms with Gasteiger partial charge in [-0.05, 0) is 13.8 Å². The third-order valence-electron chi connectivity index (χ3n) is 1.11. The van der Waals surface area contributed by atoms with Gasteiger partial charge in [-0.15, -0.1) is 0 Å². The Bertz CT molecular complexity index is 262. The molecule has 0 aromatic heterocycles. The third-order valence-corrected chi connectivity index (χ3v) is 2.75. The Labute approximate surface area is 68.9 Å². The van der Waals surface area contributed by atoms with Crippen LogP contribution in [0.3, 0.4) is 0 Å². The van der Waals surface area contributed by atoms with Gasteiger partial charge in [0.1, 0.15) is 0 Å². The Kier molecular flexibility index (Phi) is 3.61. The largest absolute Gasteiger partial charge is 0.219 e. The van der Waals surface area contributed by atoms with Gasteiger partial charge in [-0.2, -0.15) is 0 Å². The molecule has 0 rings (SSSR count). The fourth-order valence-corrected chi connectivity index (χ4v) is 0.954. The van der Waals surface area contributed by atoms with Crippen LogP contribution in [0.25, 0.3) is 0 Å². The average Bonchev–Trinajstić information content (AvgIpc) is 1.84. The van der Waals surface area contributed by atoms with Gasteiger partial charge >= 0.3 is 0 Å². The summed E-state index contributed by atoms with van der Waals surface area (Å²) in [6, 6.07) is 0. The molecule has 0 aliphatic heterocycles. The number of sulfone groups is 1. The van der Waals surface area contributed by atoms with Gasteiger partial charge in [0.05, 0.1) is 5.25 Å². The maximum atomic E-state index is 11.1. The summed E-state index contributed by atoms with van der Waals surface area (Å²) in [6.45, 7) is 6.99. The van der Waals surface area contributed by atoms with E-state index in [0.29, 0.717) is 0 Å². The van der Waals surface area contributed by atoms with E-state index in [2.05, 4.69) is 11.2 Å².